The number of carbonyl (C=O) groups is 1. The van der Waals surface area contributed by atoms with Crippen molar-refractivity contribution in [3.63, 3.8) is 0 Å². The standard InChI is InChI=1S/C13H17N5O2/c1-2-18-11(3-5-16-18)12-10(4-6-20-12)13(19)17-9-7-14-15-8-9/h3,5,7-8,10,12H,2,4,6H2,1H3,(H,14,15)(H,17,19)/t10-,12-/m1/s1. The van der Waals surface area contributed by atoms with Crippen molar-refractivity contribution in [1.82, 2.24) is 20.0 Å². The van der Waals surface area contributed by atoms with E-state index in [1.165, 1.54) is 0 Å². The van der Waals surface area contributed by atoms with E-state index in [0.717, 1.165) is 12.2 Å². The predicted octanol–water partition coefficient (Wildman–Crippen LogP) is 1.34. The topological polar surface area (TPSA) is 84.8 Å². The van der Waals surface area contributed by atoms with E-state index in [1.807, 2.05) is 17.7 Å². The van der Waals surface area contributed by atoms with Crippen LogP contribution >= 0.6 is 0 Å². The summed E-state index contributed by atoms with van der Waals surface area (Å²) in [6.07, 6.45) is 5.46. The summed E-state index contributed by atoms with van der Waals surface area (Å²) in [5, 5.41) is 13.6. The van der Waals surface area contributed by atoms with E-state index in [2.05, 4.69) is 20.6 Å². The summed E-state index contributed by atoms with van der Waals surface area (Å²) in [4.78, 5) is 12.4. The Labute approximate surface area is 116 Å². The van der Waals surface area contributed by atoms with Crippen molar-refractivity contribution in [2.75, 3.05) is 11.9 Å². The summed E-state index contributed by atoms with van der Waals surface area (Å²) in [6.45, 7) is 3.37. The van der Waals surface area contributed by atoms with Gasteiger partial charge in [0.1, 0.15) is 6.10 Å². The minimum Gasteiger partial charge on any atom is -0.371 e. The zero-order chi connectivity index (χ0) is 13.9. The summed E-state index contributed by atoms with van der Waals surface area (Å²) in [7, 11) is 0. The van der Waals surface area contributed by atoms with Crippen molar-refractivity contribution < 1.29 is 9.53 Å². The molecule has 1 aliphatic heterocycles. The van der Waals surface area contributed by atoms with Crippen LogP contribution in [0.2, 0.25) is 0 Å². The Morgan fingerprint density at radius 1 is 1.65 bits per heavy atom. The molecule has 20 heavy (non-hydrogen) atoms. The first kappa shape index (κ1) is 12.9. The molecule has 0 bridgehead atoms. The van der Waals surface area contributed by atoms with Gasteiger partial charge in [-0.3, -0.25) is 14.6 Å². The third-order valence-corrected chi connectivity index (χ3v) is 3.53. The molecule has 1 saturated heterocycles. The largest absolute Gasteiger partial charge is 0.371 e. The van der Waals surface area contributed by atoms with Gasteiger partial charge in [0.15, 0.2) is 0 Å². The molecule has 3 heterocycles. The van der Waals surface area contributed by atoms with E-state index >= 15 is 0 Å². The number of nitrogens with zero attached hydrogens (tertiary/aromatic N) is 3. The lowest BCUT2D eigenvalue weighted by Gasteiger charge is -2.18. The highest BCUT2D eigenvalue weighted by Crippen LogP contribution is 2.35. The van der Waals surface area contributed by atoms with E-state index in [1.54, 1.807) is 18.6 Å². The van der Waals surface area contributed by atoms with Gasteiger partial charge in [0, 0.05) is 25.5 Å². The molecule has 106 valence electrons. The number of nitrogens with one attached hydrogen (secondary N) is 2. The van der Waals surface area contributed by atoms with Gasteiger partial charge in [0.25, 0.3) is 0 Å². The third-order valence-electron chi connectivity index (χ3n) is 3.53. The molecule has 3 rings (SSSR count). The van der Waals surface area contributed by atoms with Crippen molar-refractivity contribution in [1.29, 1.82) is 0 Å². The predicted molar refractivity (Wildman–Crippen MR) is 71.9 cm³/mol. The number of H-pyrrole nitrogens is 1. The van der Waals surface area contributed by atoms with Crippen LogP contribution in [-0.4, -0.2) is 32.5 Å². The van der Waals surface area contributed by atoms with Gasteiger partial charge in [-0.15, -0.1) is 0 Å². The quantitative estimate of drug-likeness (QED) is 0.882. The number of carbonyl (C=O) groups excluding carboxylic acids is 1. The Kier molecular flexibility index (Phi) is 3.51. The van der Waals surface area contributed by atoms with Crippen LogP contribution < -0.4 is 5.32 Å². The van der Waals surface area contributed by atoms with Crippen LogP contribution in [0.4, 0.5) is 5.69 Å². The second-order valence-electron chi connectivity index (χ2n) is 4.73. The molecule has 0 spiro atoms. The number of hydrogen-bond donors (Lipinski definition) is 2. The molecule has 2 aromatic heterocycles. The molecular weight excluding hydrogens is 258 g/mol. The van der Waals surface area contributed by atoms with E-state index in [-0.39, 0.29) is 17.9 Å². The molecular formula is C13H17N5O2. The molecule has 0 unspecified atom stereocenters. The highest BCUT2D eigenvalue weighted by atomic mass is 16.5. The summed E-state index contributed by atoms with van der Waals surface area (Å²) in [5.74, 6) is -0.246. The molecule has 1 amide bonds. The Morgan fingerprint density at radius 2 is 2.55 bits per heavy atom. The molecule has 1 fully saturated rings. The lowest BCUT2D eigenvalue weighted by Crippen LogP contribution is -2.26. The van der Waals surface area contributed by atoms with Gasteiger partial charge in [0.05, 0.1) is 23.5 Å². The highest BCUT2D eigenvalue weighted by Gasteiger charge is 2.37. The number of rotatable bonds is 4. The van der Waals surface area contributed by atoms with Gasteiger partial charge in [-0.2, -0.15) is 10.2 Å². The second-order valence-corrected chi connectivity index (χ2v) is 4.73. The maximum absolute atomic E-state index is 12.4. The van der Waals surface area contributed by atoms with Crippen LogP contribution in [0.25, 0.3) is 0 Å². The molecule has 7 heteroatoms. The summed E-state index contributed by atoms with van der Waals surface area (Å²) in [5.41, 5.74) is 1.63. The molecule has 0 radical (unpaired) electrons. The fraction of sp³-hybridized carbons (Fsp3) is 0.462. The average Bonchev–Trinajstić information content (AvgIpc) is 3.18. The fourth-order valence-corrected chi connectivity index (χ4v) is 2.55. The van der Waals surface area contributed by atoms with Gasteiger partial charge < -0.3 is 10.1 Å². The van der Waals surface area contributed by atoms with Crippen molar-refractivity contribution in [3.8, 4) is 0 Å². The maximum atomic E-state index is 12.4. The molecule has 7 nitrogen and oxygen atoms in total. The van der Waals surface area contributed by atoms with Crippen LogP contribution in [-0.2, 0) is 16.1 Å². The molecule has 0 aromatic carbocycles. The third kappa shape index (κ3) is 2.32. The Hall–Kier alpha value is -2.15. The van der Waals surface area contributed by atoms with E-state index in [0.29, 0.717) is 18.7 Å². The summed E-state index contributed by atoms with van der Waals surface area (Å²) in [6, 6.07) is 1.91. The summed E-state index contributed by atoms with van der Waals surface area (Å²) >= 11 is 0. The SMILES string of the molecule is CCn1nccc1[C@@H]1OCC[C@H]1C(=O)Nc1cn[nH]c1. The summed E-state index contributed by atoms with van der Waals surface area (Å²) < 4.78 is 7.62. The lowest BCUT2D eigenvalue weighted by atomic mass is 9.98. The first-order valence-corrected chi connectivity index (χ1v) is 6.72. The molecule has 2 atom stereocenters. The van der Waals surface area contributed by atoms with Crippen LogP contribution in [0.3, 0.4) is 0 Å². The first-order valence-electron chi connectivity index (χ1n) is 6.72. The zero-order valence-corrected chi connectivity index (χ0v) is 11.2. The number of anilines is 1. The number of aromatic amines is 1. The van der Waals surface area contributed by atoms with Gasteiger partial charge in [-0.1, -0.05) is 0 Å². The molecule has 0 saturated carbocycles. The van der Waals surface area contributed by atoms with E-state index in [4.69, 9.17) is 4.74 Å². The second kappa shape index (κ2) is 5.46. The van der Waals surface area contributed by atoms with Gasteiger partial charge in [-0.05, 0) is 19.4 Å². The highest BCUT2D eigenvalue weighted by molar-refractivity contribution is 5.92. The van der Waals surface area contributed by atoms with Crippen molar-refractivity contribution in [2.24, 2.45) is 5.92 Å². The van der Waals surface area contributed by atoms with Crippen molar-refractivity contribution in [2.45, 2.75) is 26.0 Å². The smallest absolute Gasteiger partial charge is 0.230 e. The minimum atomic E-state index is -0.232. The Bertz CT molecular complexity index is 577. The number of amides is 1. The van der Waals surface area contributed by atoms with Crippen molar-refractivity contribution in [3.05, 3.63) is 30.4 Å². The van der Waals surface area contributed by atoms with E-state index < -0.39 is 0 Å². The van der Waals surface area contributed by atoms with Crippen LogP contribution in [0.5, 0.6) is 0 Å². The van der Waals surface area contributed by atoms with Crippen molar-refractivity contribution >= 4 is 11.6 Å². The van der Waals surface area contributed by atoms with Gasteiger partial charge in [-0.25, -0.2) is 0 Å². The van der Waals surface area contributed by atoms with E-state index in [9.17, 15) is 4.79 Å². The number of hydrogen-bond acceptors (Lipinski definition) is 4. The van der Waals surface area contributed by atoms with Crippen LogP contribution in [0, 0.1) is 5.92 Å². The Morgan fingerprint density at radius 3 is 3.30 bits per heavy atom. The zero-order valence-electron chi connectivity index (χ0n) is 11.2. The molecule has 2 aromatic rings. The molecule has 1 aliphatic rings. The number of ether oxygens (including phenoxy) is 1. The minimum absolute atomic E-state index is 0.0437. The molecule has 2 N–H and O–H groups in total. The van der Waals surface area contributed by atoms with Crippen LogP contribution in [0.15, 0.2) is 24.7 Å². The average molecular weight is 275 g/mol. The first-order chi connectivity index (χ1) is 9.79. The van der Waals surface area contributed by atoms with Crippen LogP contribution in [0.1, 0.15) is 25.1 Å². The maximum Gasteiger partial charge on any atom is 0.230 e. The van der Waals surface area contributed by atoms with Gasteiger partial charge >= 0.3 is 0 Å². The monoisotopic (exact) mass is 275 g/mol. The lowest BCUT2D eigenvalue weighted by molar-refractivity contribution is -0.121. The fourth-order valence-electron chi connectivity index (χ4n) is 2.55. The number of aromatic nitrogens is 4. The number of aryl methyl sites for hydroxylation is 1. The normalized spacial score (nSPS) is 22.1. The van der Waals surface area contributed by atoms with Gasteiger partial charge in [0.2, 0.25) is 5.91 Å². The molecule has 0 aliphatic carbocycles. The Balaban J connectivity index is 1.77.